The fourth-order valence-corrected chi connectivity index (χ4v) is 2.43. The van der Waals surface area contributed by atoms with Crippen LogP contribution in [0.3, 0.4) is 0 Å². The lowest BCUT2D eigenvalue weighted by molar-refractivity contribution is -0.142. The molecule has 0 amide bonds. The zero-order valence-electron chi connectivity index (χ0n) is 7.89. The van der Waals surface area contributed by atoms with E-state index in [1.54, 1.807) is 0 Å². The minimum atomic E-state index is -4.37. The molecule has 0 aliphatic heterocycles. The van der Waals surface area contributed by atoms with Gasteiger partial charge in [-0.1, -0.05) is 12.8 Å². The average molecular weight is 283 g/mol. The minimum absolute atomic E-state index is 0.0295. The molecule has 0 atom stereocenters. The van der Waals surface area contributed by atoms with E-state index in [0.717, 1.165) is 25.7 Å². The fraction of sp³-hybridized carbons (Fsp3) is 0.667. The topological polar surface area (TPSA) is 17.8 Å². The summed E-state index contributed by atoms with van der Waals surface area (Å²) in [5, 5.41) is 3.61. The summed E-state index contributed by atoms with van der Waals surface area (Å²) in [5.74, 6) is 0. The van der Waals surface area contributed by atoms with Crippen molar-refractivity contribution in [3.8, 4) is 0 Å². The number of hydrogen-bond donors (Lipinski definition) is 0. The van der Waals surface area contributed by atoms with Crippen LogP contribution in [-0.2, 0) is 6.18 Å². The number of alkyl halides is 3. The highest BCUT2D eigenvalue weighted by molar-refractivity contribution is 9.10. The van der Waals surface area contributed by atoms with Crippen molar-refractivity contribution in [2.45, 2.75) is 37.9 Å². The van der Waals surface area contributed by atoms with E-state index in [4.69, 9.17) is 0 Å². The quantitative estimate of drug-likeness (QED) is 0.767. The van der Waals surface area contributed by atoms with E-state index in [2.05, 4.69) is 21.0 Å². The van der Waals surface area contributed by atoms with Crippen molar-refractivity contribution in [2.75, 3.05) is 0 Å². The maximum Gasteiger partial charge on any atom is 0.436 e. The van der Waals surface area contributed by atoms with Crippen molar-refractivity contribution in [3.05, 3.63) is 16.4 Å². The minimum Gasteiger partial charge on any atom is -0.268 e. The molecule has 0 saturated heterocycles. The second kappa shape index (κ2) is 3.81. The van der Waals surface area contributed by atoms with Crippen LogP contribution >= 0.6 is 15.9 Å². The van der Waals surface area contributed by atoms with E-state index in [0.29, 0.717) is 0 Å². The standard InChI is InChI=1S/C9H10BrF3N2/c10-7-5-15(6-3-1-2-4-6)14-8(7)9(11,12)13/h5-6H,1-4H2. The van der Waals surface area contributed by atoms with Gasteiger partial charge in [-0.05, 0) is 28.8 Å². The van der Waals surface area contributed by atoms with Gasteiger partial charge in [0.05, 0.1) is 10.5 Å². The van der Waals surface area contributed by atoms with Gasteiger partial charge in [-0.25, -0.2) is 0 Å². The molecule has 1 aromatic heterocycles. The van der Waals surface area contributed by atoms with Crippen molar-refractivity contribution >= 4 is 15.9 Å². The Labute approximate surface area is 93.6 Å². The summed E-state index contributed by atoms with van der Waals surface area (Å²) in [6.45, 7) is 0. The van der Waals surface area contributed by atoms with Crippen LogP contribution in [0.15, 0.2) is 10.7 Å². The molecule has 0 spiro atoms. The Morgan fingerprint density at radius 3 is 2.40 bits per heavy atom. The third-order valence-corrected chi connectivity index (χ3v) is 3.23. The number of aromatic nitrogens is 2. The summed E-state index contributed by atoms with van der Waals surface area (Å²) in [4.78, 5) is 0. The molecule has 0 radical (unpaired) electrons. The van der Waals surface area contributed by atoms with Gasteiger partial charge in [0.1, 0.15) is 0 Å². The molecule has 1 aromatic rings. The number of rotatable bonds is 1. The van der Waals surface area contributed by atoms with E-state index in [1.165, 1.54) is 10.9 Å². The first-order valence-electron chi connectivity index (χ1n) is 4.80. The molecule has 2 rings (SSSR count). The maximum absolute atomic E-state index is 12.4. The van der Waals surface area contributed by atoms with E-state index in [1.807, 2.05) is 0 Å². The van der Waals surface area contributed by atoms with Crippen LogP contribution in [-0.4, -0.2) is 9.78 Å². The first kappa shape index (κ1) is 11.0. The van der Waals surface area contributed by atoms with E-state index in [9.17, 15) is 13.2 Å². The lowest BCUT2D eigenvalue weighted by Gasteiger charge is -2.09. The fourth-order valence-electron chi connectivity index (χ4n) is 1.92. The molecule has 2 nitrogen and oxygen atoms in total. The second-order valence-electron chi connectivity index (χ2n) is 3.74. The summed E-state index contributed by atoms with van der Waals surface area (Å²) >= 11 is 2.90. The molecule has 1 fully saturated rings. The molecular weight excluding hydrogens is 273 g/mol. The van der Waals surface area contributed by atoms with Crippen molar-refractivity contribution in [1.82, 2.24) is 9.78 Å². The normalized spacial score (nSPS) is 18.7. The molecule has 0 N–H and O–H groups in total. The Morgan fingerprint density at radius 2 is 1.93 bits per heavy atom. The largest absolute Gasteiger partial charge is 0.436 e. The zero-order valence-corrected chi connectivity index (χ0v) is 9.48. The SMILES string of the molecule is FC(F)(F)c1nn(C2CCCC2)cc1Br. The molecule has 0 unspecified atom stereocenters. The van der Waals surface area contributed by atoms with Crippen molar-refractivity contribution in [1.29, 1.82) is 0 Å². The molecular formula is C9H10BrF3N2. The van der Waals surface area contributed by atoms with Gasteiger partial charge in [-0.15, -0.1) is 0 Å². The maximum atomic E-state index is 12.4. The summed E-state index contributed by atoms with van der Waals surface area (Å²) in [7, 11) is 0. The monoisotopic (exact) mass is 282 g/mol. The third-order valence-electron chi connectivity index (χ3n) is 2.65. The predicted molar refractivity (Wildman–Crippen MR) is 52.4 cm³/mol. The van der Waals surface area contributed by atoms with Gasteiger partial charge < -0.3 is 0 Å². The summed E-state index contributed by atoms with van der Waals surface area (Å²) in [5.41, 5.74) is -0.825. The Kier molecular flexibility index (Phi) is 2.79. The molecule has 0 aromatic carbocycles. The van der Waals surface area contributed by atoms with E-state index >= 15 is 0 Å². The van der Waals surface area contributed by atoms with Crippen LogP contribution in [0.1, 0.15) is 37.4 Å². The highest BCUT2D eigenvalue weighted by Gasteiger charge is 2.37. The van der Waals surface area contributed by atoms with Gasteiger partial charge in [0.2, 0.25) is 0 Å². The predicted octanol–water partition coefficient (Wildman–Crippen LogP) is 3.78. The smallest absolute Gasteiger partial charge is 0.268 e. The number of halogens is 4. The van der Waals surface area contributed by atoms with Crippen molar-refractivity contribution < 1.29 is 13.2 Å². The number of hydrogen-bond acceptors (Lipinski definition) is 1. The summed E-state index contributed by atoms with van der Waals surface area (Å²) in [6, 6.07) is 0.136. The van der Waals surface area contributed by atoms with Crippen LogP contribution in [0.2, 0.25) is 0 Å². The second-order valence-corrected chi connectivity index (χ2v) is 4.60. The molecule has 0 bridgehead atoms. The molecule has 84 valence electrons. The van der Waals surface area contributed by atoms with Crippen molar-refractivity contribution in [2.24, 2.45) is 0 Å². The lowest BCUT2D eigenvalue weighted by Crippen LogP contribution is -2.10. The van der Waals surface area contributed by atoms with Gasteiger partial charge >= 0.3 is 6.18 Å². The van der Waals surface area contributed by atoms with Gasteiger partial charge in [0.25, 0.3) is 0 Å². The lowest BCUT2D eigenvalue weighted by atomic mass is 10.3. The first-order valence-corrected chi connectivity index (χ1v) is 5.59. The first-order chi connectivity index (χ1) is 6.98. The molecule has 6 heteroatoms. The van der Waals surface area contributed by atoms with Gasteiger partial charge in [0.15, 0.2) is 5.69 Å². The van der Waals surface area contributed by atoms with Gasteiger partial charge in [0, 0.05) is 6.20 Å². The van der Waals surface area contributed by atoms with Crippen LogP contribution in [0.25, 0.3) is 0 Å². The molecule has 1 heterocycles. The Bertz CT molecular complexity index is 353. The Morgan fingerprint density at radius 1 is 1.33 bits per heavy atom. The summed E-state index contributed by atoms with van der Waals surface area (Å²) in [6.07, 6.45) is 1.05. The van der Waals surface area contributed by atoms with Crippen LogP contribution in [0, 0.1) is 0 Å². The van der Waals surface area contributed by atoms with Gasteiger partial charge in [-0.3, -0.25) is 4.68 Å². The van der Waals surface area contributed by atoms with Crippen LogP contribution in [0.5, 0.6) is 0 Å². The highest BCUT2D eigenvalue weighted by atomic mass is 79.9. The van der Waals surface area contributed by atoms with Gasteiger partial charge in [-0.2, -0.15) is 18.3 Å². The molecule has 15 heavy (non-hydrogen) atoms. The van der Waals surface area contributed by atoms with Crippen LogP contribution < -0.4 is 0 Å². The molecule has 1 aliphatic rings. The van der Waals surface area contributed by atoms with Crippen LogP contribution in [0.4, 0.5) is 13.2 Å². The third kappa shape index (κ3) is 2.19. The Hall–Kier alpha value is -0.520. The van der Waals surface area contributed by atoms with E-state index < -0.39 is 11.9 Å². The van der Waals surface area contributed by atoms with Crippen molar-refractivity contribution in [3.63, 3.8) is 0 Å². The Balaban J connectivity index is 2.28. The summed E-state index contributed by atoms with van der Waals surface area (Å²) < 4.78 is 38.8. The average Bonchev–Trinajstić information content (AvgIpc) is 2.68. The molecule has 1 aliphatic carbocycles. The van der Waals surface area contributed by atoms with E-state index in [-0.39, 0.29) is 10.5 Å². The number of nitrogens with zero attached hydrogens (tertiary/aromatic N) is 2. The highest BCUT2D eigenvalue weighted by Crippen LogP contribution is 2.36. The molecule has 1 saturated carbocycles. The zero-order chi connectivity index (χ0) is 11.1.